The predicted octanol–water partition coefficient (Wildman–Crippen LogP) is 3.95. The quantitative estimate of drug-likeness (QED) is 0.641. The number of likely N-dealkylation sites (tertiary alicyclic amines) is 1. The van der Waals surface area contributed by atoms with E-state index in [2.05, 4.69) is 40.7 Å². The summed E-state index contributed by atoms with van der Waals surface area (Å²) in [6, 6.07) is 14.2. The van der Waals surface area contributed by atoms with Crippen molar-refractivity contribution in [3.63, 3.8) is 0 Å². The number of piperidine rings is 1. The third-order valence-electron chi connectivity index (χ3n) is 6.03. The maximum atomic E-state index is 13.4. The largest absolute Gasteiger partial charge is 0.397 e. The van der Waals surface area contributed by atoms with Gasteiger partial charge in [-0.1, -0.05) is 30.3 Å². The van der Waals surface area contributed by atoms with Gasteiger partial charge in [0.2, 0.25) is 5.91 Å². The molecule has 2 N–H and O–H groups in total. The van der Waals surface area contributed by atoms with Crippen LogP contribution in [-0.4, -0.2) is 53.8 Å². The maximum Gasteiger partial charge on any atom is 0.255 e. The number of rotatable bonds is 5. The number of nitrogens with zero attached hydrogens (tertiary/aromatic N) is 3. The Morgan fingerprint density at radius 1 is 1.19 bits per heavy atom. The summed E-state index contributed by atoms with van der Waals surface area (Å²) in [7, 11) is 3.57. The van der Waals surface area contributed by atoms with Crippen molar-refractivity contribution in [2.24, 2.45) is 5.41 Å². The number of benzene rings is 1. The predicted molar refractivity (Wildman–Crippen MR) is 128 cm³/mol. The first-order valence-electron chi connectivity index (χ1n) is 10.7. The van der Waals surface area contributed by atoms with Crippen LogP contribution in [0, 0.1) is 5.41 Å². The molecular formula is C25H28N4O2S. The van der Waals surface area contributed by atoms with Crippen LogP contribution in [0.15, 0.2) is 60.2 Å². The van der Waals surface area contributed by atoms with E-state index < -0.39 is 5.41 Å². The van der Waals surface area contributed by atoms with Crippen LogP contribution < -0.4 is 5.73 Å². The molecule has 4 rings (SSSR count). The second-order valence-electron chi connectivity index (χ2n) is 8.67. The van der Waals surface area contributed by atoms with Crippen LogP contribution in [0.1, 0.15) is 28.8 Å². The van der Waals surface area contributed by atoms with E-state index in [9.17, 15) is 9.59 Å². The number of aromatic nitrogens is 1. The number of nitrogen functional groups attached to an aromatic ring is 1. The summed E-state index contributed by atoms with van der Waals surface area (Å²) in [4.78, 5) is 35.3. The second kappa shape index (κ2) is 9.12. The lowest BCUT2D eigenvalue weighted by atomic mass is 9.73. The zero-order chi connectivity index (χ0) is 22.7. The molecule has 0 bridgehead atoms. The molecule has 1 aliphatic rings. The Labute approximate surface area is 192 Å². The molecule has 7 heteroatoms. The van der Waals surface area contributed by atoms with Gasteiger partial charge in [-0.25, -0.2) is 0 Å². The summed E-state index contributed by atoms with van der Waals surface area (Å²) in [6.07, 6.45) is 5.16. The van der Waals surface area contributed by atoms with Gasteiger partial charge in [-0.3, -0.25) is 14.6 Å². The number of nitrogens with two attached hydrogens (primary N) is 1. The van der Waals surface area contributed by atoms with Crippen molar-refractivity contribution in [1.82, 2.24) is 14.8 Å². The molecule has 32 heavy (non-hydrogen) atoms. The summed E-state index contributed by atoms with van der Waals surface area (Å²) in [5.74, 6) is -0.0727. The Kier molecular flexibility index (Phi) is 6.28. The molecule has 1 saturated heterocycles. The Morgan fingerprint density at radius 3 is 2.62 bits per heavy atom. The van der Waals surface area contributed by atoms with Crippen LogP contribution in [0.25, 0.3) is 10.4 Å². The molecule has 2 amide bonds. The summed E-state index contributed by atoms with van der Waals surface area (Å²) in [6.45, 7) is 0.998. The summed E-state index contributed by atoms with van der Waals surface area (Å²) in [5.41, 5.74) is 8.35. The van der Waals surface area contributed by atoms with E-state index in [0.29, 0.717) is 30.8 Å². The van der Waals surface area contributed by atoms with Crippen molar-refractivity contribution in [3.8, 4) is 10.4 Å². The van der Waals surface area contributed by atoms with Crippen molar-refractivity contribution >= 4 is 28.8 Å². The number of carbonyl (C=O) groups excluding carboxylic acids is 2. The van der Waals surface area contributed by atoms with E-state index in [1.54, 1.807) is 41.3 Å². The smallest absolute Gasteiger partial charge is 0.255 e. The van der Waals surface area contributed by atoms with Gasteiger partial charge in [0.05, 0.1) is 16.7 Å². The first-order chi connectivity index (χ1) is 15.4. The van der Waals surface area contributed by atoms with Crippen molar-refractivity contribution in [3.05, 3.63) is 71.4 Å². The molecule has 3 aromatic rings. The van der Waals surface area contributed by atoms with E-state index >= 15 is 0 Å². The molecular weight excluding hydrogens is 420 g/mol. The van der Waals surface area contributed by atoms with Crippen molar-refractivity contribution < 1.29 is 9.59 Å². The molecule has 1 aliphatic heterocycles. The summed E-state index contributed by atoms with van der Waals surface area (Å²) < 4.78 is 0. The van der Waals surface area contributed by atoms with Gasteiger partial charge in [0, 0.05) is 44.5 Å². The highest BCUT2D eigenvalue weighted by Crippen LogP contribution is 2.37. The summed E-state index contributed by atoms with van der Waals surface area (Å²) >= 11 is 1.71. The van der Waals surface area contributed by atoms with Crippen LogP contribution >= 0.6 is 11.3 Å². The van der Waals surface area contributed by atoms with E-state index in [-0.39, 0.29) is 11.8 Å². The number of anilines is 1. The fourth-order valence-corrected chi connectivity index (χ4v) is 5.28. The van der Waals surface area contributed by atoms with Crippen molar-refractivity contribution in [1.29, 1.82) is 0 Å². The zero-order valence-electron chi connectivity index (χ0n) is 18.5. The van der Waals surface area contributed by atoms with E-state index in [1.807, 2.05) is 6.07 Å². The molecule has 3 heterocycles. The van der Waals surface area contributed by atoms with Gasteiger partial charge in [0.15, 0.2) is 0 Å². The van der Waals surface area contributed by atoms with E-state index in [1.165, 1.54) is 22.8 Å². The maximum absolute atomic E-state index is 13.4. The van der Waals surface area contributed by atoms with Crippen LogP contribution in [0.3, 0.4) is 0 Å². The highest BCUT2D eigenvalue weighted by atomic mass is 32.1. The number of amides is 2. The highest BCUT2D eigenvalue weighted by molar-refractivity contribution is 7.13. The van der Waals surface area contributed by atoms with Crippen LogP contribution in [0.4, 0.5) is 5.69 Å². The molecule has 166 valence electrons. The number of hydrogen-bond donors (Lipinski definition) is 1. The minimum atomic E-state index is -0.657. The molecule has 0 spiro atoms. The molecule has 2 aromatic heterocycles. The molecule has 0 saturated carbocycles. The SMILES string of the molecule is CN(C)C(=O)C1(Cc2ccc(-c3cccs3)cc2)CCCN(C(=O)c2cncc(N)c2)C1. The van der Waals surface area contributed by atoms with Gasteiger partial charge in [-0.05, 0) is 47.9 Å². The van der Waals surface area contributed by atoms with Gasteiger partial charge in [0.1, 0.15) is 0 Å². The normalized spacial score (nSPS) is 18.4. The van der Waals surface area contributed by atoms with E-state index in [4.69, 9.17) is 5.73 Å². The van der Waals surface area contributed by atoms with Crippen molar-refractivity contribution in [2.75, 3.05) is 32.9 Å². The minimum Gasteiger partial charge on any atom is -0.397 e. The van der Waals surface area contributed by atoms with Gasteiger partial charge in [0.25, 0.3) is 5.91 Å². The van der Waals surface area contributed by atoms with Crippen LogP contribution in [-0.2, 0) is 11.2 Å². The summed E-state index contributed by atoms with van der Waals surface area (Å²) in [5, 5.41) is 2.07. The Hall–Kier alpha value is -3.19. The fourth-order valence-electron chi connectivity index (χ4n) is 4.55. The average Bonchev–Trinajstić information content (AvgIpc) is 3.33. The van der Waals surface area contributed by atoms with Gasteiger partial charge >= 0.3 is 0 Å². The first kappa shape index (κ1) is 22.0. The van der Waals surface area contributed by atoms with Crippen molar-refractivity contribution in [2.45, 2.75) is 19.3 Å². The molecule has 1 aromatic carbocycles. The third-order valence-corrected chi connectivity index (χ3v) is 6.95. The standard InChI is InChI=1S/C25H28N4O2S/c1-28(2)24(31)25(14-18-6-8-19(9-7-18)22-5-3-12-32-22)10-4-11-29(17-25)23(30)20-13-21(26)16-27-15-20/h3,5-9,12-13,15-16H,4,10-11,14,17,26H2,1-2H3. The van der Waals surface area contributed by atoms with Gasteiger partial charge < -0.3 is 15.5 Å². The monoisotopic (exact) mass is 448 g/mol. The Bertz CT molecular complexity index is 1100. The molecule has 0 aliphatic carbocycles. The van der Waals surface area contributed by atoms with Gasteiger partial charge in [-0.2, -0.15) is 0 Å². The number of carbonyl (C=O) groups is 2. The lowest BCUT2D eigenvalue weighted by Crippen LogP contribution is -2.54. The molecule has 1 atom stereocenters. The van der Waals surface area contributed by atoms with Crippen LogP contribution in [0.5, 0.6) is 0 Å². The minimum absolute atomic E-state index is 0.0584. The second-order valence-corrected chi connectivity index (χ2v) is 9.62. The van der Waals surface area contributed by atoms with E-state index in [0.717, 1.165) is 18.4 Å². The topological polar surface area (TPSA) is 79.5 Å². The van der Waals surface area contributed by atoms with Crippen LogP contribution in [0.2, 0.25) is 0 Å². The molecule has 6 nitrogen and oxygen atoms in total. The lowest BCUT2D eigenvalue weighted by molar-refractivity contribution is -0.142. The zero-order valence-corrected chi connectivity index (χ0v) is 19.3. The third kappa shape index (κ3) is 4.53. The number of hydrogen-bond acceptors (Lipinski definition) is 5. The highest BCUT2D eigenvalue weighted by Gasteiger charge is 2.44. The average molecular weight is 449 g/mol. The number of pyridine rings is 1. The lowest BCUT2D eigenvalue weighted by Gasteiger charge is -2.43. The van der Waals surface area contributed by atoms with Gasteiger partial charge in [-0.15, -0.1) is 11.3 Å². The number of thiophene rings is 1. The first-order valence-corrected chi connectivity index (χ1v) is 11.6. The molecule has 0 radical (unpaired) electrons. The fraction of sp³-hybridized carbons (Fsp3) is 0.320. The Balaban J connectivity index is 1.60. The molecule has 1 fully saturated rings. The molecule has 1 unspecified atom stereocenters. The Morgan fingerprint density at radius 2 is 1.97 bits per heavy atom.